The molecule has 0 saturated carbocycles. The predicted molar refractivity (Wildman–Crippen MR) is 131 cm³/mol. The molecular weight excluding hydrogens is 398 g/mol. The van der Waals surface area contributed by atoms with E-state index in [1.165, 1.54) is 35.2 Å². The van der Waals surface area contributed by atoms with E-state index >= 15 is 0 Å². The first kappa shape index (κ1) is 22.2. The van der Waals surface area contributed by atoms with Crippen molar-refractivity contribution >= 4 is 17.6 Å². The largest absolute Gasteiger partial charge is 0.372 e. The van der Waals surface area contributed by atoms with Gasteiger partial charge in [0.15, 0.2) is 5.96 Å². The fraction of sp³-hybridized carbons (Fsp3) is 0.462. The van der Waals surface area contributed by atoms with Gasteiger partial charge in [0, 0.05) is 51.9 Å². The lowest BCUT2D eigenvalue weighted by Crippen LogP contribution is -2.39. The van der Waals surface area contributed by atoms with Crippen molar-refractivity contribution in [2.24, 2.45) is 4.99 Å². The van der Waals surface area contributed by atoms with Gasteiger partial charge in [-0.05, 0) is 55.0 Å². The van der Waals surface area contributed by atoms with E-state index in [-0.39, 0.29) is 11.9 Å². The number of hydrogen-bond donors (Lipinski definition) is 2. The smallest absolute Gasteiger partial charge is 0.223 e. The third-order valence-corrected chi connectivity index (χ3v) is 6.47. The molecule has 32 heavy (non-hydrogen) atoms. The average Bonchev–Trinajstić information content (AvgIpc) is 3.51. The van der Waals surface area contributed by atoms with Gasteiger partial charge in [-0.3, -0.25) is 9.79 Å². The van der Waals surface area contributed by atoms with Crippen LogP contribution in [0, 0.1) is 0 Å². The van der Waals surface area contributed by atoms with Crippen LogP contribution in [0.4, 0.5) is 5.69 Å². The monoisotopic (exact) mass is 433 g/mol. The second-order valence-electron chi connectivity index (χ2n) is 8.78. The van der Waals surface area contributed by atoms with Crippen molar-refractivity contribution < 1.29 is 4.79 Å². The highest BCUT2D eigenvalue weighted by Gasteiger charge is 2.22. The van der Waals surface area contributed by atoms with E-state index in [9.17, 15) is 4.79 Å². The number of anilines is 1. The first-order chi connectivity index (χ1) is 15.6. The Morgan fingerprint density at radius 2 is 1.78 bits per heavy atom. The molecule has 0 radical (unpaired) electrons. The average molecular weight is 434 g/mol. The van der Waals surface area contributed by atoms with Gasteiger partial charge < -0.3 is 20.4 Å². The summed E-state index contributed by atoms with van der Waals surface area (Å²) in [5.41, 5.74) is 5.10. The molecule has 170 valence electrons. The fourth-order valence-electron chi connectivity index (χ4n) is 4.56. The van der Waals surface area contributed by atoms with Crippen LogP contribution in [-0.4, -0.2) is 43.4 Å². The zero-order valence-electron chi connectivity index (χ0n) is 19.3. The van der Waals surface area contributed by atoms with Crippen molar-refractivity contribution in [3.05, 3.63) is 65.2 Å². The van der Waals surface area contributed by atoms with Crippen molar-refractivity contribution in [3.63, 3.8) is 0 Å². The Hall–Kier alpha value is -3.02. The maximum absolute atomic E-state index is 12.6. The number of benzene rings is 2. The Morgan fingerprint density at radius 1 is 1.06 bits per heavy atom. The molecule has 0 spiro atoms. The summed E-state index contributed by atoms with van der Waals surface area (Å²) >= 11 is 0. The molecule has 2 heterocycles. The molecule has 0 bridgehead atoms. The minimum Gasteiger partial charge on any atom is -0.372 e. The second kappa shape index (κ2) is 10.5. The van der Waals surface area contributed by atoms with Gasteiger partial charge in [0.1, 0.15) is 0 Å². The summed E-state index contributed by atoms with van der Waals surface area (Å²) in [7, 11) is 1.79. The zero-order valence-corrected chi connectivity index (χ0v) is 19.3. The Morgan fingerprint density at radius 3 is 2.47 bits per heavy atom. The molecule has 0 aliphatic carbocycles. The van der Waals surface area contributed by atoms with Gasteiger partial charge >= 0.3 is 0 Å². The van der Waals surface area contributed by atoms with Gasteiger partial charge in [-0.25, -0.2) is 0 Å². The number of amides is 1. The Kier molecular flexibility index (Phi) is 7.30. The van der Waals surface area contributed by atoms with Crippen LogP contribution in [0.25, 0.3) is 0 Å². The second-order valence-corrected chi connectivity index (χ2v) is 8.78. The topological polar surface area (TPSA) is 60.0 Å². The summed E-state index contributed by atoms with van der Waals surface area (Å²) in [6, 6.07) is 17.2. The lowest BCUT2D eigenvalue weighted by molar-refractivity contribution is -0.131. The normalized spacial score (nSPS) is 16.8. The molecule has 2 aromatic rings. The van der Waals surface area contributed by atoms with E-state index in [1.54, 1.807) is 7.05 Å². The maximum atomic E-state index is 12.6. The molecule has 2 aliphatic heterocycles. The molecule has 2 aromatic carbocycles. The first-order valence-electron chi connectivity index (χ1n) is 11.8. The summed E-state index contributed by atoms with van der Waals surface area (Å²) in [5, 5.41) is 6.84. The van der Waals surface area contributed by atoms with E-state index in [0.717, 1.165) is 38.6 Å². The molecule has 1 unspecified atom stereocenters. The molecule has 1 fully saturated rings. The van der Waals surface area contributed by atoms with Gasteiger partial charge in [-0.1, -0.05) is 36.4 Å². The zero-order chi connectivity index (χ0) is 22.3. The predicted octanol–water partition coefficient (Wildman–Crippen LogP) is 3.84. The highest BCUT2D eigenvalue weighted by Crippen LogP contribution is 2.24. The van der Waals surface area contributed by atoms with Gasteiger partial charge in [0.25, 0.3) is 0 Å². The molecule has 2 N–H and O–H groups in total. The van der Waals surface area contributed by atoms with Gasteiger partial charge in [-0.15, -0.1) is 0 Å². The lowest BCUT2D eigenvalue weighted by atomic mass is 10.1. The number of nitrogens with one attached hydrogen (secondary N) is 2. The van der Waals surface area contributed by atoms with Crippen molar-refractivity contribution in [2.75, 3.05) is 31.6 Å². The van der Waals surface area contributed by atoms with E-state index < -0.39 is 0 Å². The van der Waals surface area contributed by atoms with Crippen LogP contribution >= 0.6 is 0 Å². The number of carbonyl (C=O) groups excluding carboxylic acids is 1. The number of hydrogen-bond acceptors (Lipinski definition) is 3. The van der Waals surface area contributed by atoms with Gasteiger partial charge in [-0.2, -0.15) is 0 Å². The number of fused-ring (bicyclic) bond motifs is 1. The molecule has 2 aliphatic rings. The number of nitrogens with zero attached hydrogens (tertiary/aromatic N) is 3. The summed E-state index contributed by atoms with van der Waals surface area (Å²) in [6.45, 7) is 6.64. The first-order valence-corrected chi connectivity index (χ1v) is 11.8. The van der Waals surface area contributed by atoms with Crippen molar-refractivity contribution in [1.82, 2.24) is 15.5 Å². The van der Waals surface area contributed by atoms with Crippen LogP contribution in [0.5, 0.6) is 0 Å². The minimum absolute atomic E-state index is 0.147. The molecule has 0 aromatic heterocycles. The Balaban J connectivity index is 1.20. The summed E-state index contributed by atoms with van der Waals surface area (Å²) in [4.78, 5) is 21.4. The summed E-state index contributed by atoms with van der Waals surface area (Å²) < 4.78 is 0. The van der Waals surface area contributed by atoms with E-state index in [1.807, 2.05) is 17.0 Å². The van der Waals surface area contributed by atoms with Crippen LogP contribution in [0.2, 0.25) is 0 Å². The van der Waals surface area contributed by atoms with Crippen LogP contribution in [0.1, 0.15) is 55.3 Å². The lowest BCUT2D eigenvalue weighted by Gasteiger charge is -2.22. The number of rotatable bonds is 7. The van der Waals surface area contributed by atoms with E-state index in [0.29, 0.717) is 13.0 Å². The number of guanidine groups is 1. The molecule has 1 amide bonds. The fourth-order valence-corrected chi connectivity index (χ4v) is 4.56. The van der Waals surface area contributed by atoms with Crippen LogP contribution in [-0.2, 0) is 17.9 Å². The van der Waals surface area contributed by atoms with Gasteiger partial charge in [0.05, 0.1) is 6.04 Å². The molecule has 1 saturated heterocycles. The highest BCUT2D eigenvalue weighted by atomic mass is 16.2. The van der Waals surface area contributed by atoms with E-state index in [4.69, 9.17) is 0 Å². The molecule has 1 atom stereocenters. The quantitative estimate of drug-likeness (QED) is 0.396. The third kappa shape index (κ3) is 5.42. The molecular formula is C26H35N5O. The SMILES string of the molecule is CN=C(NCCCC(=O)N1Cc2ccccc2C1)NC(C)c1cccc(N2CCCC2)c1. The number of aliphatic imine (C=N–C) groups is 1. The minimum atomic E-state index is 0.147. The van der Waals surface area contributed by atoms with Crippen molar-refractivity contribution in [3.8, 4) is 0 Å². The molecule has 6 heteroatoms. The number of carbonyl (C=O) groups is 1. The van der Waals surface area contributed by atoms with E-state index in [2.05, 4.69) is 63.8 Å². The highest BCUT2D eigenvalue weighted by molar-refractivity contribution is 5.80. The third-order valence-electron chi connectivity index (χ3n) is 6.47. The molecule has 6 nitrogen and oxygen atoms in total. The van der Waals surface area contributed by atoms with Crippen molar-refractivity contribution in [2.45, 2.75) is 51.7 Å². The molecule has 4 rings (SSSR count). The maximum Gasteiger partial charge on any atom is 0.223 e. The van der Waals surface area contributed by atoms with Crippen LogP contribution in [0.3, 0.4) is 0 Å². The van der Waals surface area contributed by atoms with Crippen LogP contribution in [0.15, 0.2) is 53.5 Å². The van der Waals surface area contributed by atoms with Gasteiger partial charge in [0.2, 0.25) is 5.91 Å². The van der Waals surface area contributed by atoms with Crippen LogP contribution < -0.4 is 15.5 Å². The Bertz CT molecular complexity index is 926. The summed E-state index contributed by atoms with van der Waals surface area (Å²) in [6.07, 6.45) is 3.89. The van der Waals surface area contributed by atoms with Crippen molar-refractivity contribution in [1.29, 1.82) is 0 Å². The summed E-state index contributed by atoms with van der Waals surface area (Å²) in [5.74, 6) is 0.989. The standard InChI is InChI=1S/C26H35N5O/c1-20(21-11-7-12-24(17-21)30-15-5-6-16-30)29-26(27-2)28-14-8-13-25(32)31-18-22-9-3-4-10-23(22)19-31/h3-4,7,9-12,17,20H,5-6,8,13-16,18-19H2,1-2H3,(H2,27,28,29). The Labute approximate surface area is 191 Å².